The quantitative estimate of drug-likeness (QED) is 0.548. The minimum atomic E-state index is -0.544. The Bertz CT molecular complexity index is 1150. The van der Waals surface area contributed by atoms with Gasteiger partial charge in [-0.1, -0.05) is 41.9 Å². The topological polar surface area (TPSA) is 76.5 Å². The van der Waals surface area contributed by atoms with Crippen LogP contribution in [0.2, 0.25) is 5.02 Å². The first-order chi connectivity index (χ1) is 16.2. The first kappa shape index (κ1) is 23.8. The van der Waals surface area contributed by atoms with Gasteiger partial charge in [-0.25, -0.2) is 9.48 Å². The number of aromatic nitrogens is 2. The highest BCUT2D eigenvalue weighted by Gasteiger charge is 2.29. The molecular weight excluding hydrogens is 452 g/mol. The predicted molar refractivity (Wildman–Crippen MR) is 132 cm³/mol. The van der Waals surface area contributed by atoms with Gasteiger partial charge in [0.1, 0.15) is 11.3 Å². The van der Waals surface area contributed by atoms with E-state index >= 15 is 0 Å². The van der Waals surface area contributed by atoms with Crippen LogP contribution in [0.4, 0.5) is 4.79 Å². The molecule has 0 unspecified atom stereocenters. The number of rotatable bonds is 4. The number of likely N-dealkylation sites (tertiary alicyclic amines) is 1. The summed E-state index contributed by atoms with van der Waals surface area (Å²) in [5.41, 5.74) is 2.29. The standard InChI is InChI=1S/C26H29ClN4O3/c1-26(2,3)34-25(33)28-20-13-15-30(16-14-20)24(32)22-17-31(21-7-5-4-6-8-21)29-23(22)18-9-11-19(27)12-10-18/h4-12,17,20H,13-16H2,1-3H3,(H,28,33). The zero-order valence-corrected chi connectivity index (χ0v) is 20.4. The normalized spacial score (nSPS) is 14.6. The number of benzene rings is 2. The summed E-state index contributed by atoms with van der Waals surface area (Å²) in [5.74, 6) is -0.0807. The molecule has 0 saturated carbocycles. The first-order valence-electron chi connectivity index (χ1n) is 11.4. The molecule has 0 bridgehead atoms. The number of hydrogen-bond acceptors (Lipinski definition) is 4. The molecule has 34 heavy (non-hydrogen) atoms. The molecule has 1 aliphatic heterocycles. The molecule has 0 spiro atoms. The van der Waals surface area contributed by atoms with Gasteiger partial charge in [0.2, 0.25) is 0 Å². The van der Waals surface area contributed by atoms with Gasteiger partial charge < -0.3 is 15.0 Å². The molecule has 2 amide bonds. The van der Waals surface area contributed by atoms with Crippen LogP contribution in [0, 0.1) is 0 Å². The van der Waals surface area contributed by atoms with Crippen molar-refractivity contribution < 1.29 is 14.3 Å². The zero-order valence-electron chi connectivity index (χ0n) is 19.6. The smallest absolute Gasteiger partial charge is 0.407 e. The number of nitrogens with one attached hydrogen (secondary N) is 1. The van der Waals surface area contributed by atoms with E-state index in [0.29, 0.717) is 42.2 Å². The summed E-state index contributed by atoms with van der Waals surface area (Å²) in [6.45, 7) is 6.58. The Hall–Kier alpha value is -3.32. The fourth-order valence-corrected chi connectivity index (χ4v) is 4.06. The van der Waals surface area contributed by atoms with Crippen molar-refractivity contribution in [2.75, 3.05) is 13.1 Å². The molecule has 4 rings (SSSR count). The molecule has 2 heterocycles. The Balaban J connectivity index is 1.52. The van der Waals surface area contributed by atoms with E-state index in [1.54, 1.807) is 23.0 Å². The van der Waals surface area contributed by atoms with Crippen molar-refractivity contribution in [2.24, 2.45) is 0 Å². The average molecular weight is 481 g/mol. The Labute approximate surface area is 204 Å². The van der Waals surface area contributed by atoms with Gasteiger partial charge in [-0.15, -0.1) is 0 Å². The van der Waals surface area contributed by atoms with Crippen LogP contribution >= 0.6 is 11.6 Å². The maximum atomic E-state index is 13.6. The summed E-state index contributed by atoms with van der Waals surface area (Å²) in [5, 5.41) is 8.28. The molecule has 0 atom stereocenters. The minimum Gasteiger partial charge on any atom is -0.444 e. The third-order valence-corrected chi connectivity index (χ3v) is 5.84. The predicted octanol–water partition coefficient (Wildman–Crippen LogP) is 5.32. The van der Waals surface area contributed by atoms with Crippen LogP contribution in [-0.4, -0.2) is 51.4 Å². The van der Waals surface area contributed by atoms with E-state index in [1.165, 1.54) is 0 Å². The molecule has 8 heteroatoms. The number of amides is 2. The van der Waals surface area contributed by atoms with Gasteiger partial charge in [-0.05, 0) is 57.9 Å². The summed E-state index contributed by atoms with van der Waals surface area (Å²) in [4.78, 5) is 27.5. The van der Waals surface area contributed by atoms with Crippen LogP contribution < -0.4 is 5.32 Å². The van der Waals surface area contributed by atoms with Crippen LogP contribution in [0.5, 0.6) is 0 Å². The largest absolute Gasteiger partial charge is 0.444 e. The number of carbonyl (C=O) groups excluding carboxylic acids is 2. The molecule has 2 aromatic carbocycles. The molecule has 0 radical (unpaired) electrons. The van der Waals surface area contributed by atoms with Gasteiger partial charge in [-0.2, -0.15) is 5.10 Å². The molecule has 178 valence electrons. The van der Waals surface area contributed by atoms with Crippen molar-refractivity contribution in [3.8, 4) is 16.9 Å². The fraction of sp³-hybridized carbons (Fsp3) is 0.346. The summed E-state index contributed by atoms with van der Waals surface area (Å²) in [7, 11) is 0. The molecule has 1 N–H and O–H groups in total. The molecule has 1 fully saturated rings. The summed E-state index contributed by atoms with van der Waals surface area (Å²) in [6.07, 6.45) is 2.68. The number of nitrogens with zero attached hydrogens (tertiary/aromatic N) is 3. The molecule has 3 aromatic rings. The molecule has 0 aliphatic carbocycles. The SMILES string of the molecule is CC(C)(C)OC(=O)NC1CCN(C(=O)c2cn(-c3ccccc3)nc2-c2ccc(Cl)cc2)CC1. The van der Waals surface area contributed by atoms with Crippen molar-refractivity contribution in [1.82, 2.24) is 20.0 Å². The second kappa shape index (κ2) is 9.89. The molecular formula is C26H29ClN4O3. The lowest BCUT2D eigenvalue weighted by atomic mass is 10.0. The molecule has 1 aromatic heterocycles. The van der Waals surface area contributed by atoms with Crippen molar-refractivity contribution in [2.45, 2.75) is 45.3 Å². The van der Waals surface area contributed by atoms with E-state index in [4.69, 9.17) is 21.4 Å². The Morgan fingerprint density at radius 1 is 1.03 bits per heavy atom. The van der Waals surface area contributed by atoms with Crippen molar-refractivity contribution in [1.29, 1.82) is 0 Å². The van der Waals surface area contributed by atoms with Gasteiger partial charge >= 0.3 is 6.09 Å². The first-order valence-corrected chi connectivity index (χ1v) is 11.8. The number of hydrogen-bond donors (Lipinski definition) is 1. The maximum Gasteiger partial charge on any atom is 0.407 e. The van der Waals surface area contributed by atoms with Gasteiger partial charge in [-0.3, -0.25) is 4.79 Å². The fourth-order valence-electron chi connectivity index (χ4n) is 3.94. The molecule has 7 nitrogen and oxygen atoms in total. The number of carbonyl (C=O) groups is 2. The zero-order chi connectivity index (χ0) is 24.3. The Kier molecular flexibility index (Phi) is 6.93. The Morgan fingerprint density at radius 3 is 2.29 bits per heavy atom. The third kappa shape index (κ3) is 5.78. The van der Waals surface area contributed by atoms with Crippen LogP contribution in [-0.2, 0) is 4.74 Å². The van der Waals surface area contributed by atoms with Gasteiger partial charge in [0.05, 0.1) is 11.3 Å². The Morgan fingerprint density at radius 2 is 1.68 bits per heavy atom. The highest BCUT2D eigenvalue weighted by molar-refractivity contribution is 6.30. The van der Waals surface area contributed by atoms with Crippen LogP contribution in [0.25, 0.3) is 16.9 Å². The van der Waals surface area contributed by atoms with Crippen LogP contribution in [0.1, 0.15) is 44.0 Å². The second-order valence-electron chi connectivity index (χ2n) is 9.39. The van der Waals surface area contributed by atoms with Gasteiger partial charge in [0.25, 0.3) is 5.91 Å². The number of alkyl carbamates (subject to hydrolysis) is 1. The lowest BCUT2D eigenvalue weighted by molar-refractivity contribution is 0.0473. The summed E-state index contributed by atoms with van der Waals surface area (Å²) >= 11 is 6.07. The van der Waals surface area contributed by atoms with Crippen LogP contribution in [0.15, 0.2) is 60.8 Å². The van der Waals surface area contributed by atoms with E-state index in [9.17, 15) is 9.59 Å². The van der Waals surface area contributed by atoms with E-state index in [1.807, 2.05) is 68.1 Å². The van der Waals surface area contributed by atoms with Gasteiger partial charge in [0.15, 0.2) is 0 Å². The van der Waals surface area contributed by atoms with E-state index in [-0.39, 0.29) is 11.9 Å². The number of ether oxygens (including phenoxy) is 1. The van der Waals surface area contributed by atoms with E-state index < -0.39 is 11.7 Å². The highest BCUT2D eigenvalue weighted by atomic mass is 35.5. The monoisotopic (exact) mass is 480 g/mol. The summed E-state index contributed by atoms with van der Waals surface area (Å²) < 4.78 is 7.08. The van der Waals surface area contributed by atoms with Gasteiger partial charge in [0, 0.05) is 35.9 Å². The summed E-state index contributed by atoms with van der Waals surface area (Å²) in [6, 6.07) is 17.0. The van der Waals surface area contributed by atoms with Crippen LogP contribution in [0.3, 0.4) is 0 Å². The minimum absolute atomic E-state index is 0.0262. The maximum absolute atomic E-state index is 13.6. The van der Waals surface area contributed by atoms with Crippen molar-refractivity contribution in [3.05, 3.63) is 71.4 Å². The average Bonchev–Trinajstić information content (AvgIpc) is 3.24. The van der Waals surface area contributed by atoms with E-state index in [2.05, 4.69) is 5.32 Å². The van der Waals surface area contributed by atoms with E-state index in [0.717, 1.165) is 11.3 Å². The molecule has 1 aliphatic rings. The number of para-hydroxylation sites is 1. The van der Waals surface area contributed by atoms with Crippen molar-refractivity contribution in [3.63, 3.8) is 0 Å². The lowest BCUT2D eigenvalue weighted by Crippen LogP contribution is -2.47. The third-order valence-electron chi connectivity index (χ3n) is 5.59. The lowest BCUT2D eigenvalue weighted by Gasteiger charge is -2.32. The number of halogens is 1. The molecule has 1 saturated heterocycles. The van der Waals surface area contributed by atoms with Crippen molar-refractivity contribution >= 4 is 23.6 Å². The highest BCUT2D eigenvalue weighted by Crippen LogP contribution is 2.27. The number of piperidine rings is 1. The second-order valence-corrected chi connectivity index (χ2v) is 9.83.